The summed E-state index contributed by atoms with van der Waals surface area (Å²) in [5, 5.41) is 13.3. The highest BCUT2D eigenvalue weighted by atomic mass is 32.1. The molecule has 2 aromatic heterocycles. The molecule has 0 aliphatic heterocycles. The third kappa shape index (κ3) is 2.96. The highest BCUT2D eigenvalue weighted by Gasteiger charge is 2.24. The van der Waals surface area contributed by atoms with Crippen molar-refractivity contribution in [1.82, 2.24) is 9.97 Å². The van der Waals surface area contributed by atoms with Crippen LogP contribution in [0.2, 0.25) is 0 Å². The van der Waals surface area contributed by atoms with E-state index in [1.807, 2.05) is 24.3 Å². The van der Waals surface area contributed by atoms with E-state index in [0.29, 0.717) is 38.5 Å². The summed E-state index contributed by atoms with van der Waals surface area (Å²) in [6.07, 6.45) is 2.24. The first-order valence-electron chi connectivity index (χ1n) is 8.14. The van der Waals surface area contributed by atoms with Crippen LogP contribution in [0.25, 0.3) is 21.5 Å². The number of thiophene rings is 1. The van der Waals surface area contributed by atoms with E-state index in [1.54, 1.807) is 0 Å². The molecule has 25 heavy (non-hydrogen) atoms. The second kappa shape index (κ2) is 6.09. The van der Waals surface area contributed by atoms with Gasteiger partial charge in [-0.2, -0.15) is 0 Å². The molecular formula is C18H18N4O2S. The number of aliphatic hydroxyl groups excluding tert-OH is 1. The lowest BCUT2D eigenvalue weighted by molar-refractivity contribution is 0.102. The number of hydrogen-bond donors (Lipinski definition) is 3. The molecule has 0 bridgehead atoms. The van der Waals surface area contributed by atoms with Crippen LogP contribution in [0.3, 0.4) is 0 Å². The molecule has 1 aliphatic carbocycles. The van der Waals surface area contributed by atoms with Gasteiger partial charge in [-0.05, 0) is 18.4 Å². The monoisotopic (exact) mass is 354 g/mol. The van der Waals surface area contributed by atoms with E-state index in [4.69, 9.17) is 5.73 Å². The number of carbonyl (C=O) groups excluding carboxylic acids is 1. The Kier molecular flexibility index (Phi) is 3.89. The van der Waals surface area contributed by atoms with Gasteiger partial charge >= 0.3 is 0 Å². The van der Waals surface area contributed by atoms with E-state index in [9.17, 15) is 9.90 Å². The Balaban J connectivity index is 1.92. The fourth-order valence-electron chi connectivity index (χ4n) is 2.74. The number of ketones is 1. The van der Waals surface area contributed by atoms with Gasteiger partial charge in [0.15, 0.2) is 5.78 Å². The quantitative estimate of drug-likeness (QED) is 0.608. The van der Waals surface area contributed by atoms with Crippen molar-refractivity contribution < 1.29 is 9.90 Å². The second-order valence-corrected chi connectivity index (χ2v) is 7.25. The number of aromatic nitrogens is 2. The first-order chi connectivity index (χ1) is 12.1. The van der Waals surface area contributed by atoms with Crippen LogP contribution < -0.4 is 11.1 Å². The Bertz CT molecular complexity index is 961. The summed E-state index contributed by atoms with van der Waals surface area (Å²) in [6, 6.07) is 7.93. The lowest BCUT2D eigenvalue weighted by Crippen LogP contribution is -2.06. The van der Waals surface area contributed by atoms with E-state index in [1.165, 1.54) is 18.3 Å². The van der Waals surface area contributed by atoms with Gasteiger partial charge in [0.05, 0.1) is 28.3 Å². The number of nitrogen functional groups attached to an aromatic ring is 1. The largest absolute Gasteiger partial charge is 0.397 e. The summed E-state index contributed by atoms with van der Waals surface area (Å²) < 4.78 is 0. The molecule has 0 atom stereocenters. The van der Waals surface area contributed by atoms with Gasteiger partial charge in [0.1, 0.15) is 4.83 Å². The van der Waals surface area contributed by atoms with Crippen LogP contribution in [0.4, 0.5) is 11.6 Å². The number of Topliss-reactive ketones (excluding diaryl/α,β-unsaturated/α-hetero) is 1. The van der Waals surface area contributed by atoms with Crippen LogP contribution in [0.5, 0.6) is 0 Å². The van der Waals surface area contributed by atoms with E-state index in [2.05, 4.69) is 15.3 Å². The number of benzene rings is 1. The van der Waals surface area contributed by atoms with Crippen LogP contribution in [0.1, 0.15) is 35.0 Å². The average Bonchev–Trinajstić information content (AvgIpc) is 3.36. The SMILES string of the molecule is CC(=O)c1sc2nc(NC3CC3)nc(-c3ccc(CO)cc3)c2c1N. The van der Waals surface area contributed by atoms with Crippen LogP contribution >= 0.6 is 11.3 Å². The normalized spacial score (nSPS) is 14.0. The smallest absolute Gasteiger partial charge is 0.224 e. The Labute approximate surface area is 148 Å². The fraction of sp³-hybridized carbons (Fsp3) is 0.278. The molecule has 1 aliphatic rings. The molecule has 2 heterocycles. The molecule has 4 rings (SSSR count). The summed E-state index contributed by atoms with van der Waals surface area (Å²) in [5.74, 6) is 0.492. The van der Waals surface area contributed by atoms with E-state index in [-0.39, 0.29) is 12.4 Å². The topological polar surface area (TPSA) is 101 Å². The van der Waals surface area contributed by atoms with Crippen LogP contribution in [0.15, 0.2) is 24.3 Å². The van der Waals surface area contributed by atoms with E-state index in [0.717, 1.165) is 24.0 Å². The van der Waals surface area contributed by atoms with Gasteiger partial charge in [-0.25, -0.2) is 9.97 Å². The summed E-state index contributed by atoms with van der Waals surface area (Å²) in [5.41, 5.74) is 9.10. The first-order valence-corrected chi connectivity index (χ1v) is 8.96. The molecule has 0 radical (unpaired) electrons. The number of nitrogens with zero attached hydrogens (tertiary/aromatic N) is 2. The van der Waals surface area contributed by atoms with Crippen LogP contribution in [-0.4, -0.2) is 26.9 Å². The van der Waals surface area contributed by atoms with Crippen LogP contribution in [0, 0.1) is 0 Å². The molecule has 3 aromatic rings. The van der Waals surface area contributed by atoms with Crippen molar-refractivity contribution in [2.75, 3.05) is 11.1 Å². The Hall–Kier alpha value is -2.51. The van der Waals surface area contributed by atoms with Crippen molar-refractivity contribution in [2.45, 2.75) is 32.4 Å². The molecule has 0 unspecified atom stereocenters. The molecule has 1 aromatic carbocycles. The van der Waals surface area contributed by atoms with Gasteiger partial charge in [0.25, 0.3) is 0 Å². The number of fused-ring (bicyclic) bond motifs is 1. The van der Waals surface area contributed by atoms with Crippen molar-refractivity contribution >= 4 is 39.0 Å². The maximum absolute atomic E-state index is 11.9. The minimum Gasteiger partial charge on any atom is -0.397 e. The highest BCUT2D eigenvalue weighted by molar-refractivity contribution is 7.21. The van der Waals surface area contributed by atoms with Gasteiger partial charge < -0.3 is 16.2 Å². The van der Waals surface area contributed by atoms with E-state index >= 15 is 0 Å². The number of rotatable bonds is 5. The van der Waals surface area contributed by atoms with Crippen molar-refractivity contribution in [3.63, 3.8) is 0 Å². The lowest BCUT2D eigenvalue weighted by Gasteiger charge is -2.09. The van der Waals surface area contributed by atoms with Crippen LogP contribution in [-0.2, 0) is 6.61 Å². The maximum atomic E-state index is 11.9. The summed E-state index contributed by atoms with van der Waals surface area (Å²) in [4.78, 5) is 22.3. The molecule has 0 spiro atoms. The van der Waals surface area contributed by atoms with Gasteiger partial charge in [0.2, 0.25) is 5.95 Å². The minimum atomic E-state index is -0.0706. The number of nitrogens with two attached hydrogens (primary N) is 1. The number of hydrogen-bond acceptors (Lipinski definition) is 7. The third-order valence-electron chi connectivity index (χ3n) is 4.23. The molecule has 6 nitrogen and oxygen atoms in total. The molecule has 0 saturated heterocycles. The number of anilines is 2. The second-order valence-electron chi connectivity index (χ2n) is 6.25. The number of carbonyl (C=O) groups is 1. The van der Waals surface area contributed by atoms with Gasteiger partial charge in [-0.3, -0.25) is 4.79 Å². The molecule has 1 saturated carbocycles. The molecule has 1 fully saturated rings. The summed E-state index contributed by atoms with van der Waals surface area (Å²) in [7, 11) is 0. The Morgan fingerprint density at radius 1 is 1.32 bits per heavy atom. The molecule has 4 N–H and O–H groups in total. The van der Waals surface area contributed by atoms with Gasteiger partial charge in [0, 0.05) is 18.5 Å². The molecule has 7 heteroatoms. The maximum Gasteiger partial charge on any atom is 0.224 e. The molecule has 128 valence electrons. The standard InChI is InChI=1S/C18H18N4O2S/c1-9(24)16-14(19)13-15(11-4-2-10(8-23)3-5-11)21-18(20-12-6-7-12)22-17(13)25-16/h2-5,12,23H,6-8,19H2,1H3,(H,20,21,22). The highest BCUT2D eigenvalue weighted by Crippen LogP contribution is 2.39. The zero-order chi connectivity index (χ0) is 17.6. The first kappa shape index (κ1) is 16.0. The Morgan fingerprint density at radius 3 is 2.64 bits per heavy atom. The van der Waals surface area contributed by atoms with Gasteiger partial charge in [-0.15, -0.1) is 11.3 Å². The number of nitrogens with one attached hydrogen (secondary N) is 1. The predicted molar refractivity (Wildman–Crippen MR) is 99.8 cm³/mol. The average molecular weight is 354 g/mol. The van der Waals surface area contributed by atoms with Crippen molar-refractivity contribution in [1.29, 1.82) is 0 Å². The zero-order valence-corrected chi connectivity index (χ0v) is 14.6. The summed E-state index contributed by atoms with van der Waals surface area (Å²) in [6.45, 7) is 1.50. The zero-order valence-electron chi connectivity index (χ0n) is 13.7. The minimum absolute atomic E-state index is 0.0109. The summed E-state index contributed by atoms with van der Waals surface area (Å²) >= 11 is 1.30. The third-order valence-corrected chi connectivity index (χ3v) is 5.43. The van der Waals surface area contributed by atoms with E-state index < -0.39 is 0 Å². The number of aliphatic hydroxyl groups is 1. The van der Waals surface area contributed by atoms with Crippen molar-refractivity contribution in [2.24, 2.45) is 0 Å². The van der Waals surface area contributed by atoms with Gasteiger partial charge in [-0.1, -0.05) is 24.3 Å². The predicted octanol–water partition coefficient (Wildman–Crippen LogP) is 3.21. The lowest BCUT2D eigenvalue weighted by atomic mass is 10.1. The Morgan fingerprint density at radius 2 is 2.04 bits per heavy atom. The molecular weight excluding hydrogens is 336 g/mol. The van der Waals surface area contributed by atoms with Crippen molar-refractivity contribution in [3.8, 4) is 11.3 Å². The van der Waals surface area contributed by atoms with Crippen molar-refractivity contribution in [3.05, 3.63) is 34.7 Å². The molecule has 0 amide bonds. The fourth-order valence-corrected chi connectivity index (χ4v) is 3.73.